The van der Waals surface area contributed by atoms with Crippen LogP contribution in [0.5, 0.6) is 11.5 Å². The number of hydrogen-bond acceptors (Lipinski definition) is 6. The Morgan fingerprint density at radius 1 is 1.25 bits per heavy atom. The largest absolute Gasteiger partial charge is 0.490 e. The van der Waals surface area contributed by atoms with Gasteiger partial charge in [0.25, 0.3) is 0 Å². The maximum atomic E-state index is 12.0. The van der Waals surface area contributed by atoms with Gasteiger partial charge in [0.2, 0.25) is 10.0 Å². The average molecular weight is 303 g/mol. The minimum absolute atomic E-state index is 0.0203. The van der Waals surface area contributed by atoms with Crippen molar-refractivity contribution in [3.05, 3.63) is 18.2 Å². The number of rotatable bonds is 5. The molecule has 0 saturated carbocycles. The van der Waals surface area contributed by atoms with Gasteiger partial charge in [0.15, 0.2) is 11.5 Å². The predicted molar refractivity (Wildman–Crippen MR) is 70.3 cm³/mol. The van der Waals surface area contributed by atoms with E-state index < -0.39 is 22.7 Å². The van der Waals surface area contributed by atoms with Crippen LogP contribution in [0, 0.1) is 0 Å². The average Bonchev–Trinajstić information content (AvgIpc) is 2.69. The molecule has 1 aliphatic heterocycles. The second kappa shape index (κ2) is 6.40. The fourth-order valence-corrected chi connectivity index (χ4v) is 2.75. The lowest BCUT2D eigenvalue weighted by atomic mass is 10.3. The van der Waals surface area contributed by atoms with Crippen LogP contribution in [0.2, 0.25) is 0 Å². The summed E-state index contributed by atoms with van der Waals surface area (Å²) < 4.78 is 37.1. The van der Waals surface area contributed by atoms with Gasteiger partial charge < -0.3 is 19.7 Å². The molecule has 0 spiro atoms. The van der Waals surface area contributed by atoms with Gasteiger partial charge in [-0.2, -0.15) is 0 Å². The number of aliphatic hydroxyl groups is 2. The number of aliphatic hydroxyl groups excluding tert-OH is 2. The number of fused-ring (bicyclic) bond motifs is 1. The van der Waals surface area contributed by atoms with Crippen LogP contribution in [0.1, 0.15) is 6.42 Å². The Morgan fingerprint density at radius 3 is 2.65 bits per heavy atom. The molecule has 20 heavy (non-hydrogen) atoms. The van der Waals surface area contributed by atoms with Crippen molar-refractivity contribution in [2.45, 2.75) is 17.4 Å². The Balaban J connectivity index is 2.17. The third kappa shape index (κ3) is 3.60. The van der Waals surface area contributed by atoms with Crippen molar-refractivity contribution in [3.8, 4) is 11.5 Å². The second-order valence-electron chi connectivity index (χ2n) is 4.35. The van der Waals surface area contributed by atoms with Gasteiger partial charge in [0.05, 0.1) is 30.8 Å². The van der Waals surface area contributed by atoms with Crippen LogP contribution in [0.4, 0.5) is 0 Å². The lowest BCUT2D eigenvalue weighted by Crippen LogP contribution is -2.33. The molecule has 0 fully saturated rings. The zero-order valence-corrected chi connectivity index (χ0v) is 11.6. The van der Waals surface area contributed by atoms with Gasteiger partial charge >= 0.3 is 0 Å². The van der Waals surface area contributed by atoms with Crippen molar-refractivity contribution >= 4 is 10.0 Å². The first-order chi connectivity index (χ1) is 9.53. The van der Waals surface area contributed by atoms with Gasteiger partial charge in [0.1, 0.15) is 0 Å². The third-order valence-corrected chi connectivity index (χ3v) is 4.17. The Hall–Kier alpha value is -1.35. The van der Waals surface area contributed by atoms with Gasteiger partial charge in [-0.25, -0.2) is 13.1 Å². The first kappa shape index (κ1) is 15.0. The van der Waals surface area contributed by atoms with Gasteiger partial charge in [-0.05, 0) is 12.1 Å². The molecular weight excluding hydrogens is 286 g/mol. The van der Waals surface area contributed by atoms with E-state index in [2.05, 4.69) is 4.72 Å². The van der Waals surface area contributed by atoms with E-state index in [-0.39, 0.29) is 11.4 Å². The first-order valence-electron chi connectivity index (χ1n) is 6.21. The molecule has 1 unspecified atom stereocenters. The lowest BCUT2D eigenvalue weighted by molar-refractivity contribution is 0.0988. The van der Waals surface area contributed by atoms with Crippen LogP contribution < -0.4 is 14.2 Å². The minimum Gasteiger partial charge on any atom is -0.490 e. The van der Waals surface area contributed by atoms with Crippen molar-refractivity contribution in [2.75, 3.05) is 26.4 Å². The summed E-state index contributed by atoms with van der Waals surface area (Å²) in [6.07, 6.45) is -0.400. The first-order valence-corrected chi connectivity index (χ1v) is 7.69. The van der Waals surface area contributed by atoms with Crippen LogP contribution in [-0.4, -0.2) is 51.1 Å². The van der Waals surface area contributed by atoms with Crippen LogP contribution in [-0.2, 0) is 10.0 Å². The highest BCUT2D eigenvalue weighted by Gasteiger charge is 2.19. The SMILES string of the molecule is O=S(=O)(NCC(O)CO)c1ccc2c(c1)OCCCO2. The Kier molecular flexibility index (Phi) is 4.81. The third-order valence-electron chi connectivity index (χ3n) is 2.75. The zero-order valence-electron chi connectivity index (χ0n) is 10.8. The molecular formula is C12H17NO6S. The molecule has 1 atom stereocenters. The maximum absolute atomic E-state index is 12.0. The topological polar surface area (TPSA) is 105 Å². The van der Waals surface area contributed by atoms with Crippen molar-refractivity contribution in [2.24, 2.45) is 0 Å². The van der Waals surface area contributed by atoms with Gasteiger partial charge in [-0.3, -0.25) is 0 Å². The van der Waals surface area contributed by atoms with Crippen LogP contribution in [0.3, 0.4) is 0 Å². The molecule has 0 aromatic heterocycles. The van der Waals surface area contributed by atoms with E-state index in [4.69, 9.17) is 14.6 Å². The van der Waals surface area contributed by atoms with Gasteiger partial charge in [0, 0.05) is 19.0 Å². The summed E-state index contributed by atoms with van der Waals surface area (Å²) in [7, 11) is -3.77. The number of sulfonamides is 1. The monoisotopic (exact) mass is 303 g/mol. The maximum Gasteiger partial charge on any atom is 0.240 e. The molecule has 0 bridgehead atoms. The normalized spacial score (nSPS) is 16.5. The molecule has 3 N–H and O–H groups in total. The Labute approximate surface area is 117 Å². The number of benzene rings is 1. The fraction of sp³-hybridized carbons (Fsp3) is 0.500. The molecule has 7 nitrogen and oxygen atoms in total. The van der Waals surface area contributed by atoms with E-state index >= 15 is 0 Å². The molecule has 1 aliphatic rings. The van der Waals surface area contributed by atoms with E-state index in [1.807, 2.05) is 0 Å². The van der Waals surface area contributed by atoms with Crippen molar-refractivity contribution < 1.29 is 28.1 Å². The van der Waals surface area contributed by atoms with Crippen LogP contribution >= 0.6 is 0 Å². The van der Waals surface area contributed by atoms with E-state index in [0.29, 0.717) is 24.7 Å². The van der Waals surface area contributed by atoms with Crippen LogP contribution in [0.25, 0.3) is 0 Å². The smallest absolute Gasteiger partial charge is 0.240 e. The van der Waals surface area contributed by atoms with Crippen molar-refractivity contribution in [1.82, 2.24) is 4.72 Å². The zero-order chi connectivity index (χ0) is 14.6. The highest BCUT2D eigenvalue weighted by atomic mass is 32.2. The summed E-state index contributed by atoms with van der Waals surface area (Å²) in [4.78, 5) is 0.0203. The fourth-order valence-electron chi connectivity index (χ4n) is 1.66. The highest BCUT2D eigenvalue weighted by Crippen LogP contribution is 2.31. The number of hydrogen-bond donors (Lipinski definition) is 3. The molecule has 1 aromatic rings. The van der Waals surface area contributed by atoms with Crippen LogP contribution in [0.15, 0.2) is 23.1 Å². The van der Waals surface area contributed by atoms with E-state index in [0.717, 1.165) is 6.42 Å². The summed E-state index contributed by atoms with van der Waals surface area (Å²) in [6, 6.07) is 4.33. The lowest BCUT2D eigenvalue weighted by Gasteiger charge is -2.12. The number of nitrogens with one attached hydrogen (secondary N) is 1. The number of ether oxygens (including phenoxy) is 2. The summed E-state index contributed by atoms with van der Waals surface area (Å²) in [6.45, 7) is 0.226. The molecule has 8 heteroatoms. The van der Waals surface area contributed by atoms with Gasteiger partial charge in [-0.15, -0.1) is 0 Å². The summed E-state index contributed by atoms with van der Waals surface area (Å²) >= 11 is 0. The quantitative estimate of drug-likeness (QED) is 0.676. The molecule has 0 aliphatic carbocycles. The van der Waals surface area contributed by atoms with Crippen molar-refractivity contribution in [1.29, 1.82) is 0 Å². The second-order valence-corrected chi connectivity index (χ2v) is 6.11. The van der Waals surface area contributed by atoms with E-state index in [9.17, 15) is 13.5 Å². The molecule has 112 valence electrons. The highest BCUT2D eigenvalue weighted by molar-refractivity contribution is 7.89. The van der Waals surface area contributed by atoms with E-state index in [1.165, 1.54) is 18.2 Å². The molecule has 1 heterocycles. The summed E-state index contributed by atoms with van der Waals surface area (Å²) in [5.74, 6) is 0.893. The standard InChI is InChI=1S/C12H17NO6S/c14-8-9(15)7-13-20(16,17)10-2-3-11-12(6-10)19-5-1-4-18-11/h2-3,6,9,13-15H,1,4-5,7-8H2. The Bertz CT molecular complexity index is 559. The van der Waals surface area contributed by atoms with E-state index in [1.54, 1.807) is 0 Å². The molecule has 0 radical (unpaired) electrons. The van der Waals surface area contributed by atoms with Gasteiger partial charge in [-0.1, -0.05) is 0 Å². The van der Waals surface area contributed by atoms with Crippen molar-refractivity contribution in [3.63, 3.8) is 0 Å². The summed E-state index contributed by atoms with van der Waals surface area (Å²) in [5.41, 5.74) is 0. The molecule has 0 amide bonds. The minimum atomic E-state index is -3.77. The predicted octanol–water partition coefficient (Wildman–Crippen LogP) is -0.521. The molecule has 2 rings (SSSR count). The molecule has 0 saturated heterocycles. The molecule has 1 aromatic carbocycles. The Morgan fingerprint density at radius 2 is 1.95 bits per heavy atom. The summed E-state index contributed by atoms with van der Waals surface area (Å²) in [5, 5.41) is 17.8.